The number of hydrogen-bond donors (Lipinski definition) is 1. The van der Waals surface area contributed by atoms with Crippen LogP contribution in [0, 0.1) is 0 Å². The summed E-state index contributed by atoms with van der Waals surface area (Å²) in [5, 5.41) is 4.36. The smallest absolute Gasteiger partial charge is 0.138 e. The average Bonchev–Trinajstić information content (AvgIpc) is 2.27. The van der Waals surface area contributed by atoms with Gasteiger partial charge in [-0.15, -0.1) is 0 Å². The average molecular weight is 274 g/mol. The lowest BCUT2D eigenvalue weighted by Gasteiger charge is -2.14. The van der Waals surface area contributed by atoms with Crippen LogP contribution in [0.5, 0.6) is 5.75 Å². The summed E-state index contributed by atoms with van der Waals surface area (Å²) in [6.45, 7) is 8.91. The van der Waals surface area contributed by atoms with E-state index in [-0.39, 0.29) is 12.6 Å². The fourth-order valence-corrected chi connectivity index (χ4v) is 1.78. The van der Waals surface area contributed by atoms with Gasteiger partial charge in [0.2, 0.25) is 0 Å². The molecular formula is C13H17Cl2NO. The molecule has 1 rings (SSSR count). The van der Waals surface area contributed by atoms with Crippen molar-refractivity contribution in [2.45, 2.75) is 19.9 Å². The number of hydrogen-bond acceptors (Lipinski definition) is 2. The lowest BCUT2D eigenvalue weighted by atomic mass is 10.1. The Kier molecular flexibility index (Phi) is 5.83. The first-order valence-electron chi connectivity index (χ1n) is 5.53. The van der Waals surface area contributed by atoms with Crippen molar-refractivity contribution >= 4 is 23.2 Å². The molecule has 17 heavy (non-hydrogen) atoms. The van der Waals surface area contributed by atoms with Gasteiger partial charge in [0, 0.05) is 11.1 Å². The Morgan fingerprint density at radius 3 is 2.76 bits per heavy atom. The van der Waals surface area contributed by atoms with Gasteiger partial charge in [-0.25, -0.2) is 0 Å². The lowest BCUT2D eigenvalue weighted by molar-refractivity contribution is 0.359. The first-order chi connectivity index (χ1) is 8.04. The first kappa shape index (κ1) is 14.4. The van der Waals surface area contributed by atoms with Crippen LogP contribution in [0.2, 0.25) is 5.02 Å². The molecule has 94 valence electrons. The van der Waals surface area contributed by atoms with Crippen LogP contribution in [0.4, 0.5) is 0 Å². The maximum absolute atomic E-state index is 6.13. The van der Waals surface area contributed by atoms with Gasteiger partial charge in [-0.3, -0.25) is 0 Å². The van der Waals surface area contributed by atoms with E-state index in [0.29, 0.717) is 15.8 Å². The quantitative estimate of drug-likeness (QED) is 0.841. The number of halogens is 2. The highest BCUT2D eigenvalue weighted by Gasteiger charge is 2.08. The van der Waals surface area contributed by atoms with E-state index >= 15 is 0 Å². The molecule has 1 atom stereocenters. The fourth-order valence-electron chi connectivity index (χ4n) is 1.48. The molecule has 1 aromatic carbocycles. The number of ether oxygens (including phenoxy) is 1. The van der Waals surface area contributed by atoms with Gasteiger partial charge < -0.3 is 10.1 Å². The highest BCUT2D eigenvalue weighted by molar-refractivity contribution is 6.32. The lowest BCUT2D eigenvalue weighted by Crippen LogP contribution is -2.17. The third kappa shape index (κ3) is 4.58. The van der Waals surface area contributed by atoms with Gasteiger partial charge in [-0.1, -0.05) is 42.8 Å². The van der Waals surface area contributed by atoms with Crippen molar-refractivity contribution in [3.63, 3.8) is 0 Å². The summed E-state index contributed by atoms with van der Waals surface area (Å²) in [6.07, 6.45) is 0. The summed E-state index contributed by atoms with van der Waals surface area (Å²) >= 11 is 11.8. The molecule has 0 spiro atoms. The maximum Gasteiger partial charge on any atom is 0.138 e. The molecule has 0 fully saturated rings. The molecule has 1 N–H and O–H groups in total. The predicted molar refractivity (Wildman–Crippen MR) is 74.0 cm³/mol. The van der Waals surface area contributed by atoms with E-state index in [1.807, 2.05) is 18.2 Å². The van der Waals surface area contributed by atoms with Crippen LogP contribution in [-0.4, -0.2) is 13.2 Å². The second-order valence-electron chi connectivity index (χ2n) is 3.78. The van der Waals surface area contributed by atoms with Gasteiger partial charge in [-0.2, -0.15) is 0 Å². The van der Waals surface area contributed by atoms with Gasteiger partial charge in [0.15, 0.2) is 0 Å². The van der Waals surface area contributed by atoms with Crippen molar-refractivity contribution < 1.29 is 4.74 Å². The van der Waals surface area contributed by atoms with Gasteiger partial charge in [-0.05, 0) is 31.2 Å². The normalized spacial score (nSPS) is 12.2. The van der Waals surface area contributed by atoms with Crippen LogP contribution in [0.3, 0.4) is 0 Å². The second-order valence-corrected chi connectivity index (χ2v) is 4.72. The van der Waals surface area contributed by atoms with E-state index in [2.05, 4.69) is 25.7 Å². The summed E-state index contributed by atoms with van der Waals surface area (Å²) in [4.78, 5) is 0. The minimum atomic E-state index is 0.267. The van der Waals surface area contributed by atoms with Crippen LogP contribution >= 0.6 is 23.2 Å². The molecule has 0 aliphatic carbocycles. The standard InChI is InChI=1S/C13H17Cl2NO/c1-4-16-10(3)11-5-6-13(12(15)7-11)17-8-9(2)14/h5-7,10,16H,2,4,8H2,1,3H3. The van der Waals surface area contributed by atoms with E-state index in [9.17, 15) is 0 Å². The zero-order chi connectivity index (χ0) is 12.8. The zero-order valence-electron chi connectivity index (χ0n) is 10.1. The Morgan fingerprint density at radius 1 is 1.53 bits per heavy atom. The first-order valence-corrected chi connectivity index (χ1v) is 6.29. The highest BCUT2D eigenvalue weighted by Crippen LogP contribution is 2.28. The summed E-state index contributed by atoms with van der Waals surface area (Å²) in [6, 6.07) is 6.02. The van der Waals surface area contributed by atoms with Crippen molar-refractivity contribution in [3.8, 4) is 5.75 Å². The summed E-state index contributed by atoms with van der Waals surface area (Å²) in [5.74, 6) is 0.626. The Bertz CT molecular complexity index is 393. The third-order valence-corrected chi connectivity index (χ3v) is 2.76. The highest BCUT2D eigenvalue weighted by atomic mass is 35.5. The molecule has 4 heteroatoms. The van der Waals surface area contributed by atoms with Crippen molar-refractivity contribution in [1.29, 1.82) is 0 Å². The van der Waals surface area contributed by atoms with Crippen LogP contribution < -0.4 is 10.1 Å². The monoisotopic (exact) mass is 273 g/mol. The zero-order valence-corrected chi connectivity index (χ0v) is 11.6. The van der Waals surface area contributed by atoms with E-state index in [4.69, 9.17) is 27.9 Å². The number of benzene rings is 1. The van der Waals surface area contributed by atoms with Crippen molar-refractivity contribution in [2.75, 3.05) is 13.2 Å². The Morgan fingerprint density at radius 2 is 2.24 bits per heavy atom. The summed E-state index contributed by atoms with van der Waals surface area (Å²) < 4.78 is 5.41. The number of nitrogens with one attached hydrogen (secondary N) is 1. The molecule has 0 aromatic heterocycles. The van der Waals surface area contributed by atoms with E-state index in [1.54, 1.807) is 0 Å². The van der Waals surface area contributed by atoms with Gasteiger partial charge in [0.25, 0.3) is 0 Å². The Balaban J connectivity index is 2.75. The van der Waals surface area contributed by atoms with Gasteiger partial charge >= 0.3 is 0 Å². The molecule has 0 saturated heterocycles. The van der Waals surface area contributed by atoms with Crippen molar-refractivity contribution in [1.82, 2.24) is 5.32 Å². The molecule has 0 heterocycles. The topological polar surface area (TPSA) is 21.3 Å². The number of rotatable bonds is 6. The Labute approximate surface area is 113 Å². The van der Waals surface area contributed by atoms with Crippen LogP contribution in [0.25, 0.3) is 0 Å². The van der Waals surface area contributed by atoms with Crippen LogP contribution in [0.15, 0.2) is 29.8 Å². The minimum Gasteiger partial charge on any atom is -0.486 e. The molecule has 2 nitrogen and oxygen atoms in total. The fraction of sp³-hybridized carbons (Fsp3) is 0.385. The van der Waals surface area contributed by atoms with E-state index < -0.39 is 0 Å². The summed E-state index contributed by atoms with van der Waals surface area (Å²) in [7, 11) is 0. The minimum absolute atomic E-state index is 0.267. The molecule has 0 radical (unpaired) electrons. The van der Waals surface area contributed by atoms with Crippen molar-refractivity contribution in [2.24, 2.45) is 0 Å². The predicted octanol–water partition coefficient (Wildman–Crippen LogP) is 4.14. The maximum atomic E-state index is 6.13. The molecule has 0 amide bonds. The van der Waals surface area contributed by atoms with Crippen LogP contribution in [-0.2, 0) is 0 Å². The van der Waals surface area contributed by atoms with Crippen molar-refractivity contribution in [3.05, 3.63) is 40.4 Å². The third-order valence-electron chi connectivity index (χ3n) is 2.35. The molecule has 1 unspecified atom stereocenters. The van der Waals surface area contributed by atoms with E-state index in [1.165, 1.54) is 0 Å². The molecule has 0 aliphatic rings. The largest absolute Gasteiger partial charge is 0.486 e. The second kappa shape index (κ2) is 6.90. The van der Waals surface area contributed by atoms with Crippen LogP contribution in [0.1, 0.15) is 25.5 Å². The van der Waals surface area contributed by atoms with E-state index in [0.717, 1.165) is 12.1 Å². The van der Waals surface area contributed by atoms with Gasteiger partial charge in [0.1, 0.15) is 12.4 Å². The molecule has 0 bridgehead atoms. The molecule has 0 aliphatic heterocycles. The van der Waals surface area contributed by atoms with Gasteiger partial charge in [0.05, 0.1) is 5.02 Å². The molecule has 1 aromatic rings. The summed E-state index contributed by atoms with van der Waals surface area (Å²) in [5.41, 5.74) is 1.13. The molecule has 0 saturated carbocycles. The molecular weight excluding hydrogens is 257 g/mol. The SMILES string of the molecule is C=C(Cl)COc1ccc(C(C)NCC)cc1Cl. The Hall–Kier alpha value is -0.700.